The standard InChI is InChI=1S/C21H24ClNO6/c1-13(15-6-5-7-16(22)11-15)23-19(24)12-29-20(25)10-14-8-17(26-2)21(28-4)18(9-14)27-3/h5-9,11,13H,10,12H2,1-4H3,(H,23,24)/t13-/m0/s1. The van der Waals surface area contributed by atoms with Crippen LogP contribution in [0.25, 0.3) is 0 Å². The Hall–Kier alpha value is -2.93. The van der Waals surface area contributed by atoms with E-state index < -0.39 is 11.9 Å². The highest BCUT2D eigenvalue weighted by Gasteiger charge is 2.17. The lowest BCUT2D eigenvalue weighted by Gasteiger charge is -2.15. The molecule has 7 nitrogen and oxygen atoms in total. The summed E-state index contributed by atoms with van der Waals surface area (Å²) in [5, 5.41) is 3.35. The highest BCUT2D eigenvalue weighted by atomic mass is 35.5. The summed E-state index contributed by atoms with van der Waals surface area (Å²) >= 11 is 5.96. The summed E-state index contributed by atoms with van der Waals surface area (Å²) in [4.78, 5) is 24.2. The Morgan fingerprint density at radius 2 is 1.69 bits per heavy atom. The Balaban J connectivity index is 1.91. The van der Waals surface area contributed by atoms with Crippen LogP contribution in [0.2, 0.25) is 5.02 Å². The molecule has 2 aromatic rings. The van der Waals surface area contributed by atoms with Crippen molar-refractivity contribution in [3.05, 3.63) is 52.5 Å². The van der Waals surface area contributed by atoms with Crippen molar-refractivity contribution in [2.75, 3.05) is 27.9 Å². The summed E-state index contributed by atoms with van der Waals surface area (Å²) in [6.45, 7) is 1.44. The zero-order valence-corrected chi connectivity index (χ0v) is 17.5. The molecule has 0 saturated heterocycles. The smallest absolute Gasteiger partial charge is 0.310 e. The number of ether oxygens (including phenoxy) is 4. The average Bonchev–Trinajstić information content (AvgIpc) is 2.71. The van der Waals surface area contributed by atoms with Crippen molar-refractivity contribution < 1.29 is 28.5 Å². The molecule has 8 heteroatoms. The molecule has 1 atom stereocenters. The Morgan fingerprint density at radius 1 is 1.03 bits per heavy atom. The third-order valence-electron chi connectivity index (χ3n) is 4.16. The molecule has 0 saturated carbocycles. The van der Waals surface area contributed by atoms with Gasteiger partial charge in [0.15, 0.2) is 18.1 Å². The van der Waals surface area contributed by atoms with Gasteiger partial charge in [0.1, 0.15) is 0 Å². The second-order valence-electron chi connectivity index (χ2n) is 6.22. The monoisotopic (exact) mass is 421 g/mol. The molecule has 29 heavy (non-hydrogen) atoms. The van der Waals surface area contributed by atoms with Crippen LogP contribution >= 0.6 is 11.6 Å². The van der Waals surface area contributed by atoms with Crippen LogP contribution in [0.1, 0.15) is 24.1 Å². The number of nitrogens with one attached hydrogen (secondary N) is 1. The number of carbonyl (C=O) groups excluding carboxylic acids is 2. The molecule has 1 amide bonds. The number of hydrogen-bond donors (Lipinski definition) is 1. The van der Waals surface area contributed by atoms with Crippen LogP contribution < -0.4 is 19.5 Å². The minimum absolute atomic E-state index is 0.0478. The SMILES string of the molecule is COc1cc(CC(=O)OCC(=O)N[C@@H](C)c2cccc(Cl)c2)cc(OC)c1OC. The van der Waals surface area contributed by atoms with Crippen molar-refractivity contribution in [1.29, 1.82) is 0 Å². The number of carbonyl (C=O) groups is 2. The van der Waals surface area contributed by atoms with Gasteiger partial charge in [-0.3, -0.25) is 9.59 Å². The van der Waals surface area contributed by atoms with Crippen molar-refractivity contribution in [1.82, 2.24) is 5.32 Å². The molecule has 0 bridgehead atoms. The summed E-state index contributed by atoms with van der Waals surface area (Å²) in [5.41, 5.74) is 1.46. The van der Waals surface area contributed by atoms with E-state index in [9.17, 15) is 9.59 Å². The topological polar surface area (TPSA) is 83.1 Å². The molecule has 0 fully saturated rings. The molecular formula is C21H24ClNO6. The molecule has 0 aliphatic rings. The van der Waals surface area contributed by atoms with Crippen molar-refractivity contribution in [2.45, 2.75) is 19.4 Å². The van der Waals surface area contributed by atoms with E-state index >= 15 is 0 Å². The Morgan fingerprint density at radius 3 is 2.24 bits per heavy atom. The summed E-state index contributed by atoms with van der Waals surface area (Å²) in [7, 11) is 4.48. The van der Waals surface area contributed by atoms with E-state index in [1.54, 1.807) is 30.3 Å². The highest BCUT2D eigenvalue weighted by molar-refractivity contribution is 6.30. The number of hydrogen-bond acceptors (Lipinski definition) is 6. The molecular weight excluding hydrogens is 398 g/mol. The van der Waals surface area contributed by atoms with Crippen molar-refractivity contribution in [2.24, 2.45) is 0 Å². The van der Waals surface area contributed by atoms with Crippen LogP contribution in [0, 0.1) is 0 Å². The summed E-state index contributed by atoms with van der Waals surface area (Å²) in [5.74, 6) is 0.340. The lowest BCUT2D eigenvalue weighted by molar-refractivity contribution is -0.148. The molecule has 0 heterocycles. The molecule has 0 spiro atoms. The van der Waals surface area contributed by atoms with Gasteiger partial charge >= 0.3 is 5.97 Å². The number of halogens is 1. The van der Waals surface area contributed by atoms with E-state index in [4.69, 9.17) is 30.5 Å². The first-order valence-electron chi connectivity index (χ1n) is 8.87. The van der Waals surface area contributed by atoms with Gasteiger partial charge in [0.2, 0.25) is 5.75 Å². The number of methoxy groups -OCH3 is 3. The molecule has 1 N–H and O–H groups in total. The van der Waals surface area contributed by atoms with Crippen LogP contribution in [-0.4, -0.2) is 39.8 Å². The Bertz CT molecular complexity index is 845. The van der Waals surface area contributed by atoms with Gasteiger partial charge in [-0.2, -0.15) is 0 Å². The van der Waals surface area contributed by atoms with Gasteiger partial charge in [-0.1, -0.05) is 23.7 Å². The summed E-state index contributed by atoms with van der Waals surface area (Å²) < 4.78 is 20.9. The second-order valence-corrected chi connectivity index (χ2v) is 6.65. The maximum absolute atomic E-state index is 12.1. The van der Waals surface area contributed by atoms with Crippen LogP contribution in [0.4, 0.5) is 0 Å². The number of benzene rings is 2. The average molecular weight is 422 g/mol. The molecule has 156 valence electrons. The van der Waals surface area contributed by atoms with Gasteiger partial charge in [0, 0.05) is 5.02 Å². The number of amides is 1. The zero-order valence-electron chi connectivity index (χ0n) is 16.8. The van der Waals surface area contributed by atoms with Gasteiger partial charge < -0.3 is 24.3 Å². The third-order valence-corrected chi connectivity index (χ3v) is 4.40. The third kappa shape index (κ3) is 6.29. The maximum atomic E-state index is 12.1. The first-order valence-corrected chi connectivity index (χ1v) is 9.25. The maximum Gasteiger partial charge on any atom is 0.310 e. The van der Waals surface area contributed by atoms with Gasteiger partial charge in [-0.05, 0) is 42.3 Å². The fraction of sp³-hybridized carbons (Fsp3) is 0.333. The molecule has 2 rings (SSSR count). The molecule has 0 aromatic heterocycles. The molecule has 0 unspecified atom stereocenters. The predicted molar refractivity (Wildman–Crippen MR) is 109 cm³/mol. The van der Waals surface area contributed by atoms with Gasteiger partial charge in [0.25, 0.3) is 5.91 Å². The van der Waals surface area contributed by atoms with Gasteiger partial charge in [-0.15, -0.1) is 0 Å². The van der Waals surface area contributed by atoms with E-state index in [0.29, 0.717) is 27.8 Å². The molecule has 2 aromatic carbocycles. The minimum atomic E-state index is -0.551. The van der Waals surface area contributed by atoms with E-state index in [-0.39, 0.29) is 19.1 Å². The molecule has 0 aliphatic heterocycles. The zero-order chi connectivity index (χ0) is 21.4. The van der Waals surface area contributed by atoms with Crippen LogP contribution in [0.15, 0.2) is 36.4 Å². The lowest BCUT2D eigenvalue weighted by Crippen LogP contribution is -2.31. The largest absolute Gasteiger partial charge is 0.493 e. The Labute approximate surface area is 174 Å². The lowest BCUT2D eigenvalue weighted by atomic mass is 10.1. The first kappa shape index (κ1) is 22.4. The van der Waals surface area contributed by atoms with Crippen LogP contribution in [-0.2, 0) is 20.7 Å². The molecule has 0 aliphatic carbocycles. The normalized spacial score (nSPS) is 11.3. The first-order chi connectivity index (χ1) is 13.9. The Kier molecular flexibility index (Phi) is 8.15. The van der Waals surface area contributed by atoms with E-state index in [1.807, 2.05) is 13.0 Å². The second kappa shape index (κ2) is 10.6. The fourth-order valence-corrected chi connectivity index (χ4v) is 2.94. The van der Waals surface area contributed by atoms with Crippen molar-refractivity contribution >= 4 is 23.5 Å². The number of rotatable bonds is 9. The van der Waals surface area contributed by atoms with Gasteiger partial charge in [0.05, 0.1) is 33.8 Å². The minimum Gasteiger partial charge on any atom is -0.493 e. The highest BCUT2D eigenvalue weighted by Crippen LogP contribution is 2.38. The quantitative estimate of drug-likeness (QED) is 0.625. The van der Waals surface area contributed by atoms with E-state index in [1.165, 1.54) is 21.3 Å². The van der Waals surface area contributed by atoms with Crippen molar-refractivity contribution in [3.8, 4) is 17.2 Å². The van der Waals surface area contributed by atoms with E-state index in [0.717, 1.165) is 5.56 Å². The van der Waals surface area contributed by atoms with Crippen LogP contribution in [0.3, 0.4) is 0 Å². The number of esters is 1. The van der Waals surface area contributed by atoms with E-state index in [2.05, 4.69) is 5.32 Å². The summed E-state index contributed by atoms with van der Waals surface area (Å²) in [6.07, 6.45) is -0.0478. The van der Waals surface area contributed by atoms with Crippen LogP contribution in [0.5, 0.6) is 17.2 Å². The predicted octanol–water partition coefficient (Wildman–Crippen LogP) is 3.33. The van der Waals surface area contributed by atoms with Gasteiger partial charge in [-0.25, -0.2) is 0 Å². The molecule has 0 radical (unpaired) electrons. The summed E-state index contributed by atoms with van der Waals surface area (Å²) in [6, 6.07) is 10.2. The van der Waals surface area contributed by atoms with Crippen molar-refractivity contribution in [3.63, 3.8) is 0 Å². The fourth-order valence-electron chi connectivity index (χ4n) is 2.74.